The van der Waals surface area contributed by atoms with Gasteiger partial charge in [-0.3, -0.25) is 14.5 Å². The number of benzene rings is 1. The van der Waals surface area contributed by atoms with Crippen molar-refractivity contribution in [2.75, 3.05) is 32.7 Å². The van der Waals surface area contributed by atoms with Crippen molar-refractivity contribution >= 4 is 27.7 Å². The van der Waals surface area contributed by atoms with Crippen LogP contribution < -0.4 is 5.32 Å². The number of piperazine rings is 1. The molecular formula is C21H28BrF2N3O3. The van der Waals surface area contributed by atoms with Gasteiger partial charge in [0, 0.05) is 62.0 Å². The molecule has 30 heavy (non-hydrogen) atoms. The van der Waals surface area contributed by atoms with E-state index in [0.717, 1.165) is 10.0 Å². The monoisotopic (exact) mass is 487 g/mol. The Balaban J connectivity index is 1.36. The highest BCUT2D eigenvalue weighted by atomic mass is 79.9. The standard InChI is InChI=1S/C21H28BrF2N3O3/c22-17-1-2-18(28)16(12-17)14-26-7-9-27(10-8-26)20(30)13-25-19(29)11-15-3-5-21(23,24)6-4-15/h1-2,12,15,28H,3-11,13-14H2,(H,25,29). The fourth-order valence-corrected chi connectivity index (χ4v) is 4.41. The first-order valence-electron chi connectivity index (χ1n) is 10.3. The maximum absolute atomic E-state index is 13.2. The number of nitrogens with one attached hydrogen (secondary N) is 1. The summed E-state index contributed by atoms with van der Waals surface area (Å²) in [7, 11) is 0. The van der Waals surface area contributed by atoms with Crippen molar-refractivity contribution in [3.63, 3.8) is 0 Å². The molecule has 9 heteroatoms. The van der Waals surface area contributed by atoms with Gasteiger partial charge < -0.3 is 15.3 Å². The van der Waals surface area contributed by atoms with E-state index in [4.69, 9.17) is 0 Å². The van der Waals surface area contributed by atoms with Gasteiger partial charge >= 0.3 is 0 Å². The lowest BCUT2D eigenvalue weighted by atomic mass is 9.84. The van der Waals surface area contributed by atoms with Crippen LogP contribution >= 0.6 is 15.9 Å². The maximum Gasteiger partial charge on any atom is 0.248 e. The molecule has 2 N–H and O–H groups in total. The van der Waals surface area contributed by atoms with Gasteiger partial charge in [-0.15, -0.1) is 0 Å². The lowest BCUT2D eigenvalue weighted by Crippen LogP contribution is -2.50. The van der Waals surface area contributed by atoms with Crippen molar-refractivity contribution in [3.8, 4) is 5.75 Å². The number of halogens is 3. The van der Waals surface area contributed by atoms with Gasteiger partial charge in [0.25, 0.3) is 0 Å². The molecule has 2 fully saturated rings. The van der Waals surface area contributed by atoms with Gasteiger partial charge in [0.1, 0.15) is 5.75 Å². The van der Waals surface area contributed by atoms with Crippen molar-refractivity contribution in [2.45, 2.75) is 44.6 Å². The number of alkyl halides is 2. The van der Waals surface area contributed by atoms with E-state index in [1.165, 1.54) is 0 Å². The summed E-state index contributed by atoms with van der Waals surface area (Å²) in [6.45, 7) is 3.02. The van der Waals surface area contributed by atoms with E-state index >= 15 is 0 Å². The molecule has 1 aromatic rings. The van der Waals surface area contributed by atoms with Crippen LogP contribution in [0.3, 0.4) is 0 Å². The molecular weight excluding hydrogens is 460 g/mol. The number of amides is 2. The van der Waals surface area contributed by atoms with Crippen molar-refractivity contribution < 1.29 is 23.5 Å². The van der Waals surface area contributed by atoms with E-state index in [2.05, 4.69) is 26.1 Å². The van der Waals surface area contributed by atoms with Crippen LogP contribution in [0.25, 0.3) is 0 Å². The highest BCUT2D eigenvalue weighted by molar-refractivity contribution is 9.10. The second-order valence-electron chi connectivity index (χ2n) is 8.21. The molecule has 1 aliphatic carbocycles. The Morgan fingerprint density at radius 1 is 1.17 bits per heavy atom. The van der Waals surface area contributed by atoms with Crippen LogP contribution in [-0.4, -0.2) is 65.4 Å². The summed E-state index contributed by atoms with van der Waals surface area (Å²) in [6.07, 6.45) is 0.582. The van der Waals surface area contributed by atoms with Crippen molar-refractivity contribution in [1.82, 2.24) is 15.1 Å². The smallest absolute Gasteiger partial charge is 0.248 e. The van der Waals surface area contributed by atoms with Crippen LogP contribution in [0.15, 0.2) is 22.7 Å². The minimum atomic E-state index is -2.60. The van der Waals surface area contributed by atoms with Gasteiger partial charge in [0.2, 0.25) is 17.7 Å². The third-order valence-electron chi connectivity index (χ3n) is 5.91. The number of rotatable bonds is 6. The Kier molecular flexibility index (Phi) is 7.68. The topological polar surface area (TPSA) is 72.9 Å². The molecule has 1 aromatic carbocycles. The summed E-state index contributed by atoms with van der Waals surface area (Å²) >= 11 is 3.40. The average molecular weight is 488 g/mol. The summed E-state index contributed by atoms with van der Waals surface area (Å²) in [4.78, 5) is 28.4. The summed E-state index contributed by atoms with van der Waals surface area (Å²) < 4.78 is 27.3. The fraction of sp³-hybridized carbons (Fsp3) is 0.619. The minimum absolute atomic E-state index is 0.0299. The van der Waals surface area contributed by atoms with E-state index in [1.54, 1.807) is 17.0 Å². The Bertz CT molecular complexity index is 760. The minimum Gasteiger partial charge on any atom is -0.508 e. The predicted octanol–water partition coefficient (Wildman–Crippen LogP) is 3.13. The Labute approximate surface area is 183 Å². The van der Waals surface area contributed by atoms with Crippen LogP contribution in [0.2, 0.25) is 0 Å². The molecule has 2 amide bonds. The van der Waals surface area contributed by atoms with Crippen LogP contribution in [0.1, 0.15) is 37.7 Å². The lowest BCUT2D eigenvalue weighted by molar-refractivity contribution is -0.134. The molecule has 1 saturated carbocycles. The Hall–Kier alpha value is -1.74. The summed E-state index contributed by atoms with van der Waals surface area (Å²) in [5.74, 6) is -2.76. The van der Waals surface area contributed by atoms with Gasteiger partial charge in [0.05, 0.1) is 6.54 Å². The zero-order valence-corrected chi connectivity index (χ0v) is 18.5. The van der Waals surface area contributed by atoms with Crippen LogP contribution in [0.4, 0.5) is 8.78 Å². The van der Waals surface area contributed by atoms with Crippen LogP contribution in [0.5, 0.6) is 5.75 Å². The molecule has 6 nitrogen and oxygen atoms in total. The van der Waals surface area contributed by atoms with Gasteiger partial charge in [0.15, 0.2) is 0 Å². The molecule has 0 unspecified atom stereocenters. The quantitative estimate of drug-likeness (QED) is 0.646. The molecule has 3 rings (SSSR count). The summed E-state index contributed by atoms with van der Waals surface area (Å²) in [6, 6.07) is 5.32. The number of phenols is 1. The van der Waals surface area contributed by atoms with E-state index in [0.29, 0.717) is 45.6 Å². The predicted molar refractivity (Wildman–Crippen MR) is 112 cm³/mol. The number of carbonyl (C=O) groups is 2. The zero-order valence-electron chi connectivity index (χ0n) is 16.9. The maximum atomic E-state index is 13.2. The van der Waals surface area contributed by atoms with Gasteiger partial charge in [-0.2, -0.15) is 0 Å². The third-order valence-corrected chi connectivity index (χ3v) is 6.40. The van der Waals surface area contributed by atoms with E-state index in [1.807, 2.05) is 6.07 Å². The molecule has 0 bridgehead atoms. The third kappa shape index (κ3) is 6.63. The SMILES string of the molecule is O=C(CC1CCC(F)(F)CC1)NCC(=O)N1CCN(Cc2cc(Br)ccc2O)CC1. The van der Waals surface area contributed by atoms with Crippen molar-refractivity contribution in [1.29, 1.82) is 0 Å². The molecule has 0 aromatic heterocycles. The zero-order chi connectivity index (χ0) is 21.7. The van der Waals surface area contributed by atoms with Gasteiger partial charge in [-0.1, -0.05) is 15.9 Å². The number of aromatic hydroxyl groups is 1. The Morgan fingerprint density at radius 2 is 1.83 bits per heavy atom. The number of hydrogen-bond donors (Lipinski definition) is 2. The molecule has 1 heterocycles. The largest absolute Gasteiger partial charge is 0.508 e. The first-order valence-corrected chi connectivity index (χ1v) is 11.1. The fourth-order valence-electron chi connectivity index (χ4n) is 4.00. The molecule has 2 aliphatic rings. The molecule has 166 valence electrons. The van der Waals surface area contributed by atoms with E-state index in [-0.39, 0.29) is 49.3 Å². The first-order chi connectivity index (χ1) is 14.2. The summed E-state index contributed by atoms with van der Waals surface area (Å²) in [5.41, 5.74) is 0.830. The first kappa shape index (κ1) is 22.9. The molecule has 1 aliphatic heterocycles. The lowest BCUT2D eigenvalue weighted by Gasteiger charge is -2.35. The normalized spacial score (nSPS) is 20.2. The number of nitrogens with zero attached hydrogens (tertiary/aromatic N) is 2. The highest BCUT2D eigenvalue weighted by Crippen LogP contribution is 2.37. The second-order valence-corrected chi connectivity index (χ2v) is 9.13. The molecule has 0 atom stereocenters. The Morgan fingerprint density at radius 3 is 2.50 bits per heavy atom. The summed E-state index contributed by atoms with van der Waals surface area (Å²) in [5, 5.41) is 12.6. The molecule has 1 saturated heterocycles. The van der Waals surface area contributed by atoms with Crippen LogP contribution in [-0.2, 0) is 16.1 Å². The number of hydrogen-bond acceptors (Lipinski definition) is 4. The van der Waals surface area contributed by atoms with Crippen molar-refractivity contribution in [3.05, 3.63) is 28.2 Å². The second kappa shape index (κ2) is 10.0. The van der Waals surface area contributed by atoms with E-state index < -0.39 is 5.92 Å². The van der Waals surface area contributed by atoms with E-state index in [9.17, 15) is 23.5 Å². The average Bonchev–Trinajstić information content (AvgIpc) is 2.71. The number of carbonyl (C=O) groups excluding carboxylic acids is 2. The van der Waals surface area contributed by atoms with Crippen LogP contribution in [0, 0.1) is 5.92 Å². The molecule has 0 spiro atoms. The van der Waals surface area contributed by atoms with Gasteiger partial charge in [-0.25, -0.2) is 8.78 Å². The van der Waals surface area contributed by atoms with Gasteiger partial charge in [-0.05, 0) is 37.0 Å². The van der Waals surface area contributed by atoms with Crippen molar-refractivity contribution in [2.24, 2.45) is 5.92 Å². The highest BCUT2D eigenvalue weighted by Gasteiger charge is 2.35. The number of phenolic OH excluding ortho intramolecular Hbond substituents is 1. The molecule has 0 radical (unpaired) electrons.